The largest absolute Gasteiger partial charge is 0.338 e. The number of aromatic nitrogens is 2. The first-order valence-corrected chi connectivity index (χ1v) is 8.14. The highest BCUT2D eigenvalue weighted by molar-refractivity contribution is 7.16. The first-order chi connectivity index (χ1) is 9.63. The molecule has 0 unspecified atom stereocenters. The Morgan fingerprint density at radius 3 is 3.00 bits per heavy atom. The smallest absolute Gasteiger partial charge is 0.244 e. The van der Waals surface area contributed by atoms with Gasteiger partial charge in [0.25, 0.3) is 0 Å². The maximum Gasteiger partial charge on any atom is 0.244 e. The Morgan fingerprint density at radius 2 is 2.35 bits per heavy atom. The summed E-state index contributed by atoms with van der Waals surface area (Å²) in [4.78, 5) is 8.23. The number of likely N-dealkylation sites (tertiary alicyclic amines) is 1. The molecule has 2 aromatic rings. The molecule has 1 aliphatic heterocycles. The second-order valence-electron chi connectivity index (χ2n) is 5.48. The van der Waals surface area contributed by atoms with Gasteiger partial charge < -0.3 is 4.52 Å². The van der Waals surface area contributed by atoms with Gasteiger partial charge in [0.1, 0.15) is 0 Å². The van der Waals surface area contributed by atoms with Crippen molar-refractivity contribution in [3.8, 4) is 0 Å². The summed E-state index contributed by atoms with van der Waals surface area (Å²) >= 11 is 7.64. The Labute approximate surface area is 127 Å². The van der Waals surface area contributed by atoms with Gasteiger partial charge in [-0.3, -0.25) is 4.90 Å². The van der Waals surface area contributed by atoms with Crippen LogP contribution in [0.15, 0.2) is 16.7 Å². The molecule has 3 heterocycles. The second-order valence-corrected chi connectivity index (χ2v) is 7.28. The molecule has 1 saturated heterocycles. The van der Waals surface area contributed by atoms with Gasteiger partial charge in [-0.15, -0.1) is 11.3 Å². The van der Waals surface area contributed by atoms with Crippen molar-refractivity contribution in [1.82, 2.24) is 15.0 Å². The van der Waals surface area contributed by atoms with Crippen LogP contribution in [0, 0.1) is 0 Å². The maximum absolute atomic E-state index is 6.00. The average Bonchev–Trinajstić information content (AvgIpc) is 3.10. The van der Waals surface area contributed by atoms with Crippen LogP contribution in [0.25, 0.3) is 0 Å². The fraction of sp³-hybridized carbons (Fsp3) is 0.571. The summed E-state index contributed by atoms with van der Waals surface area (Å²) in [6.45, 7) is 6.13. The third kappa shape index (κ3) is 2.90. The van der Waals surface area contributed by atoms with E-state index in [0.29, 0.717) is 5.92 Å². The molecule has 0 spiro atoms. The Balaban J connectivity index is 1.74. The zero-order valence-corrected chi connectivity index (χ0v) is 13.2. The van der Waals surface area contributed by atoms with E-state index in [1.165, 1.54) is 11.3 Å². The lowest BCUT2D eigenvalue weighted by Crippen LogP contribution is -2.22. The molecule has 1 fully saturated rings. The van der Waals surface area contributed by atoms with Crippen LogP contribution in [0.2, 0.25) is 4.34 Å². The topological polar surface area (TPSA) is 42.2 Å². The van der Waals surface area contributed by atoms with Gasteiger partial charge >= 0.3 is 0 Å². The monoisotopic (exact) mass is 311 g/mol. The number of hydrogen-bond acceptors (Lipinski definition) is 5. The van der Waals surface area contributed by atoms with Gasteiger partial charge in [0.05, 0.1) is 10.4 Å². The normalized spacial score (nSPS) is 20.1. The number of rotatable bonds is 4. The van der Waals surface area contributed by atoms with E-state index in [4.69, 9.17) is 16.1 Å². The van der Waals surface area contributed by atoms with Gasteiger partial charge in [-0.2, -0.15) is 4.98 Å². The van der Waals surface area contributed by atoms with E-state index in [1.54, 1.807) is 11.3 Å². The molecule has 0 N–H and O–H groups in total. The first kappa shape index (κ1) is 14.0. The molecule has 0 radical (unpaired) electrons. The molecule has 2 aromatic heterocycles. The molecule has 0 aromatic carbocycles. The lowest BCUT2D eigenvalue weighted by atomic mass is 10.2. The molecular weight excluding hydrogens is 294 g/mol. The third-order valence-corrected chi connectivity index (χ3v) is 4.83. The van der Waals surface area contributed by atoms with Crippen LogP contribution < -0.4 is 0 Å². The first-order valence-electron chi connectivity index (χ1n) is 6.95. The van der Waals surface area contributed by atoms with Gasteiger partial charge in [0.2, 0.25) is 5.89 Å². The Hall–Kier alpha value is -0.910. The van der Waals surface area contributed by atoms with Crippen LogP contribution in [0.3, 0.4) is 0 Å². The fourth-order valence-electron chi connectivity index (χ4n) is 2.55. The van der Waals surface area contributed by atoms with E-state index in [1.807, 2.05) is 6.07 Å². The summed E-state index contributed by atoms with van der Waals surface area (Å²) in [7, 11) is 0. The van der Waals surface area contributed by atoms with Crippen molar-refractivity contribution in [2.75, 3.05) is 6.54 Å². The van der Waals surface area contributed by atoms with Crippen molar-refractivity contribution in [3.05, 3.63) is 33.1 Å². The van der Waals surface area contributed by atoms with E-state index in [-0.39, 0.29) is 6.04 Å². The highest BCUT2D eigenvalue weighted by Crippen LogP contribution is 2.34. The molecule has 108 valence electrons. The van der Waals surface area contributed by atoms with Crippen LogP contribution in [-0.2, 0) is 6.54 Å². The standard InChI is InChI=1S/C14H18ClN3OS/c1-9(2)13-16-14(19-17-13)11-4-3-7-18(11)8-10-5-6-12(15)20-10/h5-6,9,11H,3-4,7-8H2,1-2H3/t11-/m1/s1. The van der Waals surface area contributed by atoms with E-state index in [9.17, 15) is 0 Å². The minimum absolute atomic E-state index is 0.246. The molecule has 0 saturated carbocycles. The molecule has 1 aliphatic rings. The molecule has 0 aliphatic carbocycles. The van der Waals surface area contributed by atoms with Gasteiger partial charge in [-0.25, -0.2) is 0 Å². The van der Waals surface area contributed by atoms with E-state index in [2.05, 4.69) is 35.0 Å². The van der Waals surface area contributed by atoms with Gasteiger partial charge in [-0.05, 0) is 31.5 Å². The van der Waals surface area contributed by atoms with Crippen molar-refractivity contribution < 1.29 is 4.52 Å². The third-order valence-electron chi connectivity index (χ3n) is 3.61. The van der Waals surface area contributed by atoms with Gasteiger partial charge in [0.15, 0.2) is 5.82 Å². The summed E-state index contributed by atoms with van der Waals surface area (Å²) < 4.78 is 6.30. The van der Waals surface area contributed by atoms with Crippen LogP contribution in [0.1, 0.15) is 55.2 Å². The van der Waals surface area contributed by atoms with Crippen LogP contribution in [0.5, 0.6) is 0 Å². The average molecular weight is 312 g/mol. The number of nitrogens with zero attached hydrogens (tertiary/aromatic N) is 3. The maximum atomic E-state index is 6.00. The van der Waals surface area contributed by atoms with Gasteiger partial charge in [0, 0.05) is 17.3 Å². The molecule has 0 amide bonds. The summed E-state index contributed by atoms with van der Waals surface area (Å²) in [5.41, 5.74) is 0. The number of thiophene rings is 1. The summed E-state index contributed by atoms with van der Waals surface area (Å²) in [5, 5.41) is 4.07. The zero-order valence-electron chi connectivity index (χ0n) is 11.7. The molecule has 20 heavy (non-hydrogen) atoms. The van der Waals surface area contributed by atoms with Crippen LogP contribution in [-0.4, -0.2) is 21.6 Å². The molecule has 3 rings (SSSR count). The predicted octanol–water partition coefficient (Wildman–Crippen LogP) is 4.25. The summed E-state index contributed by atoms with van der Waals surface area (Å²) in [6, 6.07) is 4.29. The fourth-order valence-corrected chi connectivity index (χ4v) is 3.66. The Kier molecular flexibility index (Phi) is 4.10. The molecule has 1 atom stereocenters. The number of hydrogen-bond donors (Lipinski definition) is 0. The number of halogens is 1. The van der Waals surface area contributed by atoms with Crippen LogP contribution in [0.4, 0.5) is 0 Å². The lowest BCUT2D eigenvalue weighted by molar-refractivity contribution is 0.202. The van der Waals surface area contributed by atoms with Crippen molar-refractivity contribution in [2.24, 2.45) is 0 Å². The van der Waals surface area contributed by atoms with Gasteiger partial charge in [-0.1, -0.05) is 30.6 Å². The minimum Gasteiger partial charge on any atom is -0.338 e. The van der Waals surface area contributed by atoms with Crippen molar-refractivity contribution in [1.29, 1.82) is 0 Å². The van der Waals surface area contributed by atoms with E-state index in [0.717, 1.165) is 35.6 Å². The van der Waals surface area contributed by atoms with Crippen molar-refractivity contribution in [3.63, 3.8) is 0 Å². The Bertz CT molecular complexity index is 580. The molecular formula is C14H18ClN3OS. The molecule has 0 bridgehead atoms. The SMILES string of the molecule is CC(C)c1noc([C@H]2CCCN2Cc2ccc(Cl)s2)n1. The van der Waals surface area contributed by atoms with Crippen molar-refractivity contribution >= 4 is 22.9 Å². The zero-order chi connectivity index (χ0) is 14.1. The van der Waals surface area contributed by atoms with Crippen LogP contribution >= 0.6 is 22.9 Å². The minimum atomic E-state index is 0.246. The lowest BCUT2D eigenvalue weighted by Gasteiger charge is -2.20. The predicted molar refractivity (Wildman–Crippen MR) is 80.1 cm³/mol. The summed E-state index contributed by atoms with van der Waals surface area (Å²) in [6.07, 6.45) is 2.25. The van der Waals surface area contributed by atoms with E-state index < -0.39 is 0 Å². The Morgan fingerprint density at radius 1 is 1.50 bits per heavy atom. The van der Waals surface area contributed by atoms with E-state index >= 15 is 0 Å². The molecule has 6 heteroatoms. The second kappa shape index (κ2) is 5.84. The molecule has 4 nitrogen and oxygen atoms in total. The quantitative estimate of drug-likeness (QED) is 0.846. The highest BCUT2D eigenvalue weighted by Gasteiger charge is 2.31. The van der Waals surface area contributed by atoms with Crippen molar-refractivity contribution in [2.45, 2.75) is 45.2 Å². The highest BCUT2D eigenvalue weighted by atomic mass is 35.5. The summed E-state index contributed by atoms with van der Waals surface area (Å²) in [5.74, 6) is 1.86.